The first-order chi connectivity index (χ1) is 13.6. The molecule has 7 nitrogen and oxygen atoms in total. The highest BCUT2D eigenvalue weighted by atomic mass is 16.7. The van der Waals surface area contributed by atoms with E-state index in [-0.39, 0.29) is 24.1 Å². The first kappa shape index (κ1) is 16.6. The Morgan fingerprint density at radius 2 is 1.86 bits per heavy atom. The van der Waals surface area contributed by atoms with Gasteiger partial charge in [0.2, 0.25) is 6.79 Å². The Morgan fingerprint density at radius 1 is 1.07 bits per heavy atom. The number of nitrogens with zero attached hydrogens (tertiary/aromatic N) is 2. The van der Waals surface area contributed by atoms with Crippen LogP contribution < -0.4 is 9.47 Å². The Hall–Kier alpha value is -3.61. The number of carbonyl (C=O) groups excluding carboxylic acids is 1. The van der Waals surface area contributed by atoms with Gasteiger partial charge in [-0.25, -0.2) is 9.48 Å². The van der Waals surface area contributed by atoms with E-state index in [1.807, 2.05) is 18.2 Å². The molecule has 1 unspecified atom stereocenters. The highest BCUT2D eigenvalue weighted by molar-refractivity contribution is 5.98. The highest BCUT2D eigenvalue weighted by Gasteiger charge is 2.31. The summed E-state index contributed by atoms with van der Waals surface area (Å²) in [6.45, 7) is 0.214. The summed E-state index contributed by atoms with van der Waals surface area (Å²) in [4.78, 5) is 23.8. The molecule has 5 rings (SSSR count). The third kappa shape index (κ3) is 2.63. The summed E-state index contributed by atoms with van der Waals surface area (Å²) >= 11 is 0. The maximum atomic E-state index is 12.7. The zero-order valence-electron chi connectivity index (χ0n) is 14.8. The second kappa shape index (κ2) is 6.23. The molecule has 140 valence electrons. The molecule has 0 radical (unpaired) electrons. The second-order valence-electron chi connectivity index (χ2n) is 6.91. The van der Waals surface area contributed by atoms with Crippen LogP contribution >= 0.6 is 0 Å². The molecular weight excluding hydrogens is 360 g/mol. The zero-order chi connectivity index (χ0) is 19.3. The number of carbonyl (C=O) groups is 2. The van der Waals surface area contributed by atoms with Crippen molar-refractivity contribution in [3.63, 3.8) is 0 Å². The SMILES string of the molecule is O=C(O)c1ccc(-n2ncc3c2CC(c2ccc4c(c2)OCO4)CC3=O)cc1. The number of carboxylic acid groups (broad SMARTS) is 1. The molecule has 0 bridgehead atoms. The molecular formula is C21H16N2O5. The quantitative estimate of drug-likeness (QED) is 0.755. The van der Waals surface area contributed by atoms with Gasteiger partial charge in [-0.15, -0.1) is 0 Å². The van der Waals surface area contributed by atoms with Crippen LogP contribution in [0, 0.1) is 0 Å². The Kier molecular flexibility index (Phi) is 3.68. The average molecular weight is 376 g/mol. The molecule has 1 N–H and O–H groups in total. The predicted molar refractivity (Wildman–Crippen MR) is 98.5 cm³/mol. The summed E-state index contributed by atoms with van der Waals surface area (Å²) in [6.07, 6.45) is 2.66. The number of rotatable bonds is 3. The largest absolute Gasteiger partial charge is 0.478 e. The third-order valence-electron chi connectivity index (χ3n) is 5.27. The molecule has 2 aliphatic rings. The van der Waals surface area contributed by atoms with Gasteiger partial charge in [-0.2, -0.15) is 5.10 Å². The minimum absolute atomic E-state index is 0.0169. The molecule has 0 fully saturated rings. The van der Waals surface area contributed by atoms with Crippen LogP contribution in [0.5, 0.6) is 11.5 Å². The van der Waals surface area contributed by atoms with Crippen molar-refractivity contribution >= 4 is 11.8 Å². The van der Waals surface area contributed by atoms with E-state index in [0.29, 0.717) is 24.2 Å². The van der Waals surface area contributed by atoms with Crippen molar-refractivity contribution in [1.29, 1.82) is 0 Å². The van der Waals surface area contributed by atoms with Gasteiger partial charge in [-0.3, -0.25) is 4.79 Å². The molecule has 2 heterocycles. The number of ether oxygens (including phenoxy) is 2. The Morgan fingerprint density at radius 3 is 2.64 bits per heavy atom. The van der Waals surface area contributed by atoms with E-state index in [1.165, 1.54) is 12.1 Å². The fourth-order valence-corrected chi connectivity index (χ4v) is 3.81. The predicted octanol–water partition coefficient (Wildman–Crippen LogP) is 3.21. The van der Waals surface area contributed by atoms with Crippen LogP contribution in [0.2, 0.25) is 0 Å². The molecule has 1 atom stereocenters. The Balaban J connectivity index is 1.50. The number of ketones is 1. The number of hydrogen-bond donors (Lipinski definition) is 1. The van der Waals surface area contributed by atoms with Gasteiger partial charge in [0.1, 0.15) is 0 Å². The number of carboxylic acids is 1. The zero-order valence-corrected chi connectivity index (χ0v) is 14.8. The maximum absolute atomic E-state index is 12.7. The monoisotopic (exact) mass is 376 g/mol. The number of fused-ring (bicyclic) bond motifs is 2. The van der Waals surface area contributed by atoms with Crippen molar-refractivity contribution in [2.45, 2.75) is 18.8 Å². The lowest BCUT2D eigenvalue weighted by Gasteiger charge is -2.23. The van der Waals surface area contributed by atoms with Gasteiger partial charge in [-0.05, 0) is 54.3 Å². The summed E-state index contributed by atoms with van der Waals surface area (Å²) in [6, 6.07) is 12.3. The fraction of sp³-hybridized carbons (Fsp3) is 0.190. The van der Waals surface area contributed by atoms with E-state index >= 15 is 0 Å². The summed E-state index contributed by atoms with van der Waals surface area (Å²) in [5.41, 5.74) is 3.42. The van der Waals surface area contributed by atoms with E-state index < -0.39 is 5.97 Å². The summed E-state index contributed by atoms with van der Waals surface area (Å²) < 4.78 is 12.5. The molecule has 3 aromatic rings. The summed E-state index contributed by atoms with van der Waals surface area (Å²) in [7, 11) is 0. The number of hydrogen-bond acceptors (Lipinski definition) is 5. The second-order valence-corrected chi connectivity index (χ2v) is 6.91. The van der Waals surface area contributed by atoms with Crippen LogP contribution in [-0.2, 0) is 6.42 Å². The van der Waals surface area contributed by atoms with Crippen LogP contribution in [0.15, 0.2) is 48.7 Å². The molecule has 2 aromatic carbocycles. The van der Waals surface area contributed by atoms with E-state index in [9.17, 15) is 9.59 Å². The topological polar surface area (TPSA) is 90.7 Å². The molecule has 0 amide bonds. The number of benzene rings is 2. The Labute approximate surface area is 160 Å². The van der Waals surface area contributed by atoms with Crippen molar-refractivity contribution in [2.75, 3.05) is 6.79 Å². The van der Waals surface area contributed by atoms with Crippen LogP contribution in [-0.4, -0.2) is 33.4 Å². The Bertz CT molecular complexity index is 1100. The van der Waals surface area contributed by atoms with Crippen LogP contribution in [0.25, 0.3) is 5.69 Å². The number of aromatic nitrogens is 2. The van der Waals surface area contributed by atoms with E-state index in [2.05, 4.69) is 5.10 Å². The van der Waals surface area contributed by atoms with Crippen LogP contribution in [0.3, 0.4) is 0 Å². The smallest absolute Gasteiger partial charge is 0.335 e. The molecule has 1 aliphatic carbocycles. The fourth-order valence-electron chi connectivity index (χ4n) is 3.81. The number of aromatic carboxylic acids is 1. The highest BCUT2D eigenvalue weighted by Crippen LogP contribution is 2.39. The van der Waals surface area contributed by atoms with Gasteiger partial charge in [-0.1, -0.05) is 6.07 Å². The van der Waals surface area contributed by atoms with Crippen molar-refractivity contribution < 1.29 is 24.2 Å². The van der Waals surface area contributed by atoms with Crippen LogP contribution in [0.4, 0.5) is 0 Å². The van der Waals surface area contributed by atoms with Crippen molar-refractivity contribution in [1.82, 2.24) is 9.78 Å². The normalized spacial score (nSPS) is 17.4. The maximum Gasteiger partial charge on any atom is 0.335 e. The van der Waals surface area contributed by atoms with E-state index in [1.54, 1.807) is 23.0 Å². The first-order valence-corrected chi connectivity index (χ1v) is 8.93. The molecule has 0 spiro atoms. The lowest BCUT2D eigenvalue weighted by molar-refractivity contribution is 0.0696. The summed E-state index contributed by atoms with van der Waals surface area (Å²) in [5.74, 6) is 0.510. The lowest BCUT2D eigenvalue weighted by Crippen LogP contribution is -2.20. The van der Waals surface area contributed by atoms with Crippen molar-refractivity contribution in [3.05, 3.63) is 71.0 Å². The molecule has 1 aromatic heterocycles. The van der Waals surface area contributed by atoms with Gasteiger partial charge >= 0.3 is 5.97 Å². The van der Waals surface area contributed by atoms with Gasteiger partial charge in [0, 0.05) is 6.42 Å². The van der Waals surface area contributed by atoms with E-state index in [0.717, 1.165) is 22.7 Å². The average Bonchev–Trinajstić information content (AvgIpc) is 3.34. The van der Waals surface area contributed by atoms with Gasteiger partial charge in [0.05, 0.1) is 28.7 Å². The minimum atomic E-state index is -0.980. The molecule has 0 saturated carbocycles. The van der Waals surface area contributed by atoms with Gasteiger partial charge in [0.15, 0.2) is 17.3 Å². The van der Waals surface area contributed by atoms with Gasteiger partial charge in [0.25, 0.3) is 0 Å². The molecule has 0 saturated heterocycles. The molecule has 7 heteroatoms. The standard InChI is InChI=1S/C21H16N2O5/c24-18-8-14(13-3-6-19-20(9-13)28-11-27-19)7-17-16(18)10-22-23(17)15-4-1-12(2-5-15)21(25)26/h1-6,9-10,14H,7-8,11H2,(H,25,26). The summed E-state index contributed by atoms with van der Waals surface area (Å²) in [5, 5.41) is 13.5. The van der Waals surface area contributed by atoms with Crippen LogP contribution in [0.1, 0.15) is 44.3 Å². The number of Topliss-reactive ketones (excluding diaryl/α,β-unsaturated/α-hetero) is 1. The van der Waals surface area contributed by atoms with Crippen molar-refractivity contribution in [3.8, 4) is 17.2 Å². The first-order valence-electron chi connectivity index (χ1n) is 8.93. The molecule has 28 heavy (non-hydrogen) atoms. The lowest BCUT2D eigenvalue weighted by atomic mass is 9.82. The van der Waals surface area contributed by atoms with E-state index in [4.69, 9.17) is 14.6 Å². The third-order valence-corrected chi connectivity index (χ3v) is 5.27. The minimum Gasteiger partial charge on any atom is -0.478 e. The van der Waals surface area contributed by atoms with Gasteiger partial charge < -0.3 is 14.6 Å². The molecule has 1 aliphatic heterocycles. The van der Waals surface area contributed by atoms with Crippen molar-refractivity contribution in [2.24, 2.45) is 0 Å².